The lowest BCUT2D eigenvalue weighted by Crippen LogP contribution is -2.11. The Labute approximate surface area is 119 Å². The van der Waals surface area contributed by atoms with Crippen LogP contribution in [0.1, 0.15) is 38.3 Å². The van der Waals surface area contributed by atoms with Crippen LogP contribution in [0.5, 0.6) is 11.5 Å². The molecule has 0 saturated heterocycles. The molecule has 1 aliphatic heterocycles. The number of ether oxygens (including phenoxy) is 2. The molecule has 5 heteroatoms. The molecule has 1 aliphatic rings. The standard InChI is InChI=1S/C13H18ClNO2.ClH/c1-8(2)3-4-11(15)9-5-12-13(6-10(9)14)17-7-16-12;/h5-6,8,11H,3-4,7,15H2,1-2H3;1H/t11-;/m0./s1. The van der Waals surface area contributed by atoms with Gasteiger partial charge in [0.15, 0.2) is 11.5 Å². The number of benzene rings is 1. The molecule has 1 aromatic carbocycles. The highest BCUT2D eigenvalue weighted by Gasteiger charge is 2.19. The second-order valence-electron chi connectivity index (χ2n) is 4.80. The number of nitrogens with two attached hydrogens (primary N) is 1. The monoisotopic (exact) mass is 291 g/mol. The van der Waals surface area contributed by atoms with Crippen LogP contribution in [0, 0.1) is 5.92 Å². The van der Waals surface area contributed by atoms with Gasteiger partial charge in [0.25, 0.3) is 0 Å². The molecule has 0 aliphatic carbocycles. The minimum atomic E-state index is -0.0422. The first-order valence-corrected chi connectivity index (χ1v) is 6.30. The third kappa shape index (κ3) is 3.44. The van der Waals surface area contributed by atoms with Crippen molar-refractivity contribution < 1.29 is 9.47 Å². The zero-order valence-corrected chi connectivity index (χ0v) is 12.2. The van der Waals surface area contributed by atoms with Crippen molar-refractivity contribution in [3.05, 3.63) is 22.7 Å². The van der Waals surface area contributed by atoms with Gasteiger partial charge in [0.1, 0.15) is 0 Å². The maximum Gasteiger partial charge on any atom is 0.231 e. The van der Waals surface area contributed by atoms with E-state index in [2.05, 4.69) is 13.8 Å². The predicted molar refractivity (Wildman–Crippen MR) is 75.8 cm³/mol. The molecule has 1 atom stereocenters. The predicted octanol–water partition coefficient (Wildman–Crippen LogP) is 3.93. The van der Waals surface area contributed by atoms with Gasteiger partial charge in [-0.1, -0.05) is 25.4 Å². The lowest BCUT2D eigenvalue weighted by atomic mass is 9.98. The smallest absolute Gasteiger partial charge is 0.231 e. The van der Waals surface area contributed by atoms with Crippen molar-refractivity contribution in [1.29, 1.82) is 0 Å². The van der Waals surface area contributed by atoms with Crippen molar-refractivity contribution in [3.63, 3.8) is 0 Å². The van der Waals surface area contributed by atoms with Gasteiger partial charge in [-0.25, -0.2) is 0 Å². The fourth-order valence-corrected chi connectivity index (χ4v) is 2.18. The summed E-state index contributed by atoms with van der Waals surface area (Å²) < 4.78 is 10.6. The van der Waals surface area contributed by atoms with Crippen LogP contribution in [0.15, 0.2) is 12.1 Å². The topological polar surface area (TPSA) is 44.5 Å². The van der Waals surface area contributed by atoms with Crippen molar-refractivity contribution in [2.75, 3.05) is 6.79 Å². The Morgan fingerprint density at radius 2 is 1.83 bits per heavy atom. The van der Waals surface area contributed by atoms with Crippen molar-refractivity contribution in [2.45, 2.75) is 32.7 Å². The van der Waals surface area contributed by atoms with Crippen molar-refractivity contribution >= 4 is 24.0 Å². The van der Waals surface area contributed by atoms with Gasteiger partial charge in [0.2, 0.25) is 6.79 Å². The largest absolute Gasteiger partial charge is 0.454 e. The summed E-state index contributed by atoms with van der Waals surface area (Å²) in [5.74, 6) is 2.09. The summed E-state index contributed by atoms with van der Waals surface area (Å²) >= 11 is 6.20. The van der Waals surface area contributed by atoms with Gasteiger partial charge in [-0.2, -0.15) is 0 Å². The van der Waals surface area contributed by atoms with Gasteiger partial charge in [-0.3, -0.25) is 0 Å². The molecule has 102 valence electrons. The molecule has 0 unspecified atom stereocenters. The number of rotatable bonds is 4. The van der Waals surface area contributed by atoms with Crippen LogP contribution in [0.2, 0.25) is 5.02 Å². The van der Waals surface area contributed by atoms with E-state index in [0.717, 1.165) is 24.2 Å². The lowest BCUT2D eigenvalue weighted by molar-refractivity contribution is 0.174. The average molecular weight is 292 g/mol. The van der Waals surface area contributed by atoms with Gasteiger partial charge in [0.05, 0.1) is 0 Å². The normalized spacial score (nSPS) is 14.5. The molecule has 0 amide bonds. The first-order chi connectivity index (χ1) is 8.08. The summed E-state index contributed by atoms with van der Waals surface area (Å²) in [6, 6.07) is 3.64. The van der Waals surface area contributed by atoms with Gasteiger partial charge >= 0.3 is 0 Å². The molecule has 18 heavy (non-hydrogen) atoms. The summed E-state index contributed by atoms with van der Waals surface area (Å²) in [5.41, 5.74) is 7.10. The Morgan fingerprint density at radius 3 is 2.44 bits per heavy atom. The zero-order chi connectivity index (χ0) is 12.4. The van der Waals surface area contributed by atoms with E-state index >= 15 is 0 Å². The van der Waals surface area contributed by atoms with Crippen molar-refractivity contribution in [2.24, 2.45) is 11.7 Å². The van der Waals surface area contributed by atoms with Crippen LogP contribution in [0.3, 0.4) is 0 Å². The molecule has 1 heterocycles. The van der Waals surface area contributed by atoms with Crippen LogP contribution in [-0.4, -0.2) is 6.79 Å². The summed E-state index contributed by atoms with van der Waals surface area (Å²) in [6.07, 6.45) is 2.02. The third-order valence-electron chi connectivity index (χ3n) is 2.95. The molecular formula is C13H19Cl2NO2. The van der Waals surface area contributed by atoms with Crippen LogP contribution in [0.4, 0.5) is 0 Å². The molecule has 2 rings (SSSR count). The van der Waals surface area contributed by atoms with Crippen LogP contribution in [0.25, 0.3) is 0 Å². The first-order valence-electron chi connectivity index (χ1n) is 5.92. The molecule has 0 fully saturated rings. The molecule has 2 N–H and O–H groups in total. The first kappa shape index (κ1) is 15.4. The van der Waals surface area contributed by atoms with Crippen molar-refractivity contribution in [3.8, 4) is 11.5 Å². The highest BCUT2D eigenvalue weighted by Crippen LogP contribution is 2.39. The Hall–Kier alpha value is -0.640. The summed E-state index contributed by atoms with van der Waals surface area (Å²) in [7, 11) is 0. The van der Waals surface area contributed by atoms with E-state index in [1.54, 1.807) is 6.07 Å². The van der Waals surface area contributed by atoms with Gasteiger partial charge in [-0.15, -0.1) is 12.4 Å². The van der Waals surface area contributed by atoms with Gasteiger partial charge in [0, 0.05) is 17.1 Å². The Kier molecular flexibility index (Phi) is 5.57. The van der Waals surface area contributed by atoms with Gasteiger partial charge in [-0.05, 0) is 30.4 Å². The minimum Gasteiger partial charge on any atom is -0.454 e. The Bertz CT molecular complexity index is 410. The van der Waals surface area contributed by atoms with E-state index in [1.807, 2.05) is 6.07 Å². The number of hydrogen-bond donors (Lipinski definition) is 1. The second kappa shape index (κ2) is 6.50. The van der Waals surface area contributed by atoms with Crippen LogP contribution >= 0.6 is 24.0 Å². The number of hydrogen-bond acceptors (Lipinski definition) is 3. The zero-order valence-electron chi connectivity index (χ0n) is 10.6. The van der Waals surface area contributed by atoms with E-state index in [4.69, 9.17) is 26.8 Å². The number of halogens is 2. The second-order valence-corrected chi connectivity index (χ2v) is 5.21. The maximum atomic E-state index is 6.20. The SMILES string of the molecule is CC(C)CC[C@H](N)c1cc2c(cc1Cl)OCO2.Cl. The van der Waals surface area contributed by atoms with Crippen molar-refractivity contribution in [1.82, 2.24) is 0 Å². The molecule has 1 aromatic rings. The average Bonchev–Trinajstić information content (AvgIpc) is 2.71. The molecule has 0 spiro atoms. The highest BCUT2D eigenvalue weighted by atomic mass is 35.5. The molecule has 0 aromatic heterocycles. The molecular weight excluding hydrogens is 273 g/mol. The molecule has 0 saturated carbocycles. The fourth-order valence-electron chi connectivity index (χ4n) is 1.89. The quantitative estimate of drug-likeness (QED) is 0.914. The summed E-state index contributed by atoms with van der Waals surface area (Å²) in [4.78, 5) is 0. The van der Waals surface area contributed by atoms with E-state index in [9.17, 15) is 0 Å². The molecule has 3 nitrogen and oxygen atoms in total. The molecule has 0 bridgehead atoms. The lowest BCUT2D eigenvalue weighted by Gasteiger charge is -2.15. The number of fused-ring (bicyclic) bond motifs is 1. The highest BCUT2D eigenvalue weighted by molar-refractivity contribution is 6.31. The van der Waals surface area contributed by atoms with E-state index in [1.165, 1.54) is 0 Å². The Balaban J connectivity index is 0.00000162. The summed E-state index contributed by atoms with van der Waals surface area (Å²) in [6.45, 7) is 4.64. The molecule has 0 radical (unpaired) electrons. The Morgan fingerprint density at radius 1 is 1.22 bits per heavy atom. The van der Waals surface area contributed by atoms with Crippen LogP contribution < -0.4 is 15.2 Å². The fraction of sp³-hybridized carbons (Fsp3) is 0.538. The minimum absolute atomic E-state index is 0. The van der Waals surface area contributed by atoms with Crippen LogP contribution in [-0.2, 0) is 0 Å². The van der Waals surface area contributed by atoms with E-state index < -0.39 is 0 Å². The van der Waals surface area contributed by atoms with Gasteiger partial charge < -0.3 is 15.2 Å². The van der Waals surface area contributed by atoms with E-state index in [0.29, 0.717) is 16.7 Å². The third-order valence-corrected chi connectivity index (χ3v) is 3.27. The van der Waals surface area contributed by atoms with E-state index in [-0.39, 0.29) is 25.2 Å². The maximum absolute atomic E-state index is 6.20. The summed E-state index contributed by atoms with van der Waals surface area (Å²) in [5, 5.41) is 0.658.